The Morgan fingerprint density at radius 3 is 2.72 bits per heavy atom. The van der Waals surface area contributed by atoms with Crippen molar-refractivity contribution in [2.45, 2.75) is 58.0 Å². The lowest BCUT2D eigenvalue weighted by Crippen LogP contribution is -2.39. The van der Waals surface area contributed by atoms with E-state index in [-0.39, 0.29) is 29.4 Å². The molecule has 2 bridgehead atoms. The summed E-state index contributed by atoms with van der Waals surface area (Å²) in [5, 5.41) is 12.7. The highest BCUT2D eigenvalue weighted by Gasteiger charge is 2.31. The van der Waals surface area contributed by atoms with Gasteiger partial charge in [0, 0.05) is 37.3 Å². The van der Waals surface area contributed by atoms with Gasteiger partial charge in [-0.15, -0.1) is 12.4 Å². The maximum Gasteiger partial charge on any atom is 0.266 e. The average Bonchev–Trinajstić information content (AvgIpc) is 2.86. The number of nitriles is 1. The summed E-state index contributed by atoms with van der Waals surface area (Å²) in [6.07, 6.45) is 4.37. The Labute approximate surface area is 154 Å². The number of H-pyrrole nitrogens is 1. The number of nitrogens with zero attached hydrogens (tertiary/aromatic N) is 2. The fourth-order valence-corrected chi connectivity index (χ4v) is 3.98. The number of hydrogen-bond acceptors (Lipinski definition) is 4. The number of fused-ring (bicyclic) bond motifs is 2. The van der Waals surface area contributed by atoms with Crippen LogP contribution < -0.4 is 10.9 Å². The van der Waals surface area contributed by atoms with E-state index in [0.29, 0.717) is 30.5 Å². The second-order valence-corrected chi connectivity index (χ2v) is 6.94. The molecule has 2 unspecified atom stereocenters. The Morgan fingerprint density at radius 2 is 2.00 bits per heavy atom. The zero-order valence-electron chi connectivity index (χ0n) is 14.7. The van der Waals surface area contributed by atoms with Gasteiger partial charge < -0.3 is 15.2 Å². The monoisotopic (exact) mass is 364 g/mol. The van der Waals surface area contributed by atoms with E-state index in [1.54, 1.807) is 6.92 Å². The van der Waals surface area contributed by atoms with Crippen LogP contribution in [0.15, 0.2) is 4.79 Å². The normalized spacial score (nSPS) is 22.0. The van der Waals surface area contributed by atoms with Gasteiger partial charge in [-0.25, -0.2) is 0 Å². The van der Waals surface area contributed by atoms with Gasteiger partial charge in [-0.05, 0) is 50.7 Å². The van der Waals surface area contributed by atoms with Crippen molar-refractivity contribution in [2.75, 3.05) is 13.1 Å². The number of aromatic nitrogens is 1. The summed E-state index contributed by atoms with van der Waals surface area (Å²) < 4.78 is 0. The molecule has 2 aliphatic heterocycles. The smallest absolute Gasteiger partial charge is 0.266 e. The zero-order valence-corrected chi connectivity index (χ0v) is 15.5. The molecular formula is C18H25ClN4O2. The van der Waals surface area contributed by atoms with Crippen LogP contribution in [0.25, 0.3) is 0 Å². The lowest BCUT2D eigenvalue weighted by atomic mass is 9.98. The highest BCUT2D eigenvalue weighted by Crippen LogP contribution is 2.21. The molecule has 2 N–H and O–H groups in total. The number of aromatic amines is 1. The third kappa shape index (κ3) is 4.05. The predicted octanol–water partition coefficient (Wildman–Crippen LogP) is 1.57. The van der Waals surface area contributed by atoms with E-state index in [0.717, 1.165) is 37.2 Å². The van der Waals surface area contributed by atoms with Crippen LogP contribution in [0.1, 0.15) is 48.1 Å². The molecule has 2 aliphatic rings. The van der Waals surface area contributed by atoms with Crippen LogP contribution in [0.5, 0.6) is 0 Å². The maximum absolute atomic E-state index is 12.6. The molecule has 3 heterocycles. The van der Waals surface area contributed by atoms with Crippen LogP contribution in [0.4, 0.5) is 0 Å². The fraction of sp³-hybridized carbons (Fsp3) is 0.611. The van der Waals surface area contributed by atoms with Gasteiger partial charge in [-0.3, -0.25) is 9.59 Å². The molecule has 0 aromatic carbocycles. The molecule has 0 radical (unpaired) electrons. The number of hydrogen-bond donors (Lipinski definition) is 2. The lowest BCUT2D eigenvalue weighted by Gasteiger charge is -2.24. The van der Waals surface area contributed by atoms with Crippen LogP contribution in [0.3, 0.4) is 0 Å². The molecule has 6 nitrogen and oxygen atoms in total. The highest BCUT2D eigenvalue weighted by molar-refractivity contribution is 5.85. The van der Waals surface area contributed by atoms with Crippen LogP contribution in [0.2, 0.25) is 0 Å². The third-order valence-electron chi connectivity index (χ3n) is 5.39. The molecule has 7 heteroatoms. The maximum atomic E-state index is 12.6. The first-order valence-corrected chi connectivity index (χ1v) is 8.66. The van der Waals surface area contributed by atoms with E-state index in [1.165, 1.54) is 6.42 Å². The number of likely N-dealkylation sites (tertiary alicyclic amines) is 1. The summed E-state index contributed by atoms with van der Waals surface area (Å²) in [5.41, 5.74) is 2.16. The summed E-state index contributed by atoms with van der Waals surface area (Å²) in [6.45, 7) is 5.22. The molecule has 1 aromatic heterocycles. The van der Waals surface area contributed by atoms with Crippen molar-refractivity contribution in [1.82, 2.24) is 15.2 Å². The van der Waals surface area contributed by atoms with Gasteiger partial charge in [0.05, 0.1) is 0 Å². The average molecular weight is 365 g/mol. The van der Waals surface area contributed by atoms with Crippen molar-refractivity contribution >= 4 is 18.3 Å². The molecule has 2 saturated heterocycles. The minimum atomic E-state index is -0.350. The quantitative estimate of drug-likeness (QED) is 0.852. The molecule has 1 aromatic rings. The van der Waals surface area contributed by atoms with Gasteiger partial charge in [0.2, 0.25) is 5.91 Å². The number of rotatable bonds is 3. The zero-order chi connectivity index (χ0) is 17.3. The summed E-state index contributed by atoms with van der Waals surface area (Å²) in [5.74, 6) is 0.160. The second kappa shape index (κ2) is 8.03. The molecule has 136 valence electrons. The summed E-state index contributed by atoms with van der Waals surface area (Å²) in [6, 6.07) is 2.96. The van der Waals surface area contributed by atoms with Gasteiger partial charge >= 0.3 is 0 Å². The van der Waals surface area contributed by atoms with Crippen molar-refractivity contribution in [3.63, 3.8) is 0 Å². The van der Waals surface area contributed by atoms with Crippen LogP contribution >= 0.6 is 12.4 Å². The highest BCUT2D eigenvalue weighted by atomic mass is 35.5. The molecule has 2 fully saturated rings. The molecule has 1 amide bonds. The molecule has 0 saturated carbocycles. The van der Waals surface area contributed by atoms with Crippen molar-refractivity contribution < 1.29 is 4.79 Å². The minimum absolute atomic E-state index is 0. The number of aryl methyl sites for hydroxylation is 1. The van der Waals surface area contributed by atoms with E-state index in [9.17, 15) is 9.59 Å². The number of carbonyl (C=O) groups excluding carboxylic acids is 1. The van der Waals surface area contributed by atoms with E-state index < -0.39 is 0 Å². The van der Waals surface area contributed by atoms with Gasteiger partial charge in [-0.1, -0.05) is 0 Å². The van der Waals surface area contributed by atoms with Gasteiger partial charge in [0.25, 0.3) is 5.56 Å². The first kappa shape index (κ1) is 19.5. The van der Waals surface area contributed by atoms with Crippen molar-refractivity contribution in [1.29, 1.82) is 5.26 Å². The van der Waals surface area contributed by atoms with E-state index in [4.69, 9.17) is 5.26 Å². The van der Waals surface area contributed by atoms with E-state index >= 15 is 0 Å². The Morgan fingerprint density at radius 1 is 1.28 bits per heavy atom. The lowest BCUT2D eigenvalue weighted by molar-refractivity contribution is -0.131. The Bertz CT molecular complexity index is 753. The van der Waals surface area contributed by atoms with Crippen molar-refractivity contribution in [2.24, 2.45) is 0 Å². The topological polar surface area (TPSA) is 89.0 Å². The molecule has 3 rings (SSSR count). The van der Waals surface area contributed by atoms with Gasteiger partial charge in [0.15, 0.2) is 0 Å². The van der Waals surface area contributed by atoms with Crippen LogP contribution in [0, 0.1) is 25.2 Å². The number of halogens is 1. The first-order valence-electron chi connectivity index (χ1n) is 8.66. The van der Waals surface area contributed by atoms with Crippen LogP contribution in [-0.2, 0) is 11.2 Å². The van der Waals surface area contributed by atoms with Crippen molar-refractivity contribution in [3.05, 3.63) is 32.7 Å². The number of amides is 1. The molecule has 0 spiro atoms. The standard InChI is InChI=1S/C18H24N4O2.ClH/c1-11-15(12(2)20-18(24)16(11)9-19)5-6-17(23)22-8-7-13-3-4-14(10-22)21-13;/h13-14,21H,3-8,10H2,1-2H3,(H,20,24);1H. The Hall–Kier alpha value is -1.84. The number of pyridine rings is 1. The Kier molecular flexibility index (Phi) is 6.26. The molecule has 2 atom stereocenters. The molecule has 25 heavy (non-hydrogen) atoms. The van der Waals surface area contributed by atoms with Crippen LogP contribution in [-0.4, -0.2) is 41.0 Å². The number of nitrogens with one attached hydrogen (secondary N) is 2. The largest absolute Gasteiger partial charge is 0.341 e. The van der Waals surface area contributed by atoms with Gasteiger partial charge in [0.1, 0.15) is 11.6 Å². The third-order valence-corrected chi connectivity index (χ3v) is 5.39. The Balaban J connectivity index is 0.00000225. The minimum Gasteiger partial charge on any atom is -0.341 e. The van der Waals surface area contributed by atoms with Crippen molar-refractivity contribution in [3.8, 4) is 6.07 Å². The SMILES string of the molecule is Cc1[nH]c(=O)c(C#N)c(C)c1CCC(=O)N1CCC2CCC(C1)N2.Cl. The molecule has 0 aliphatic carbocycles. The van der Waals surface area contributed by atoms with E-state index in [1.807, 2.05) is 17.9 Å². The second-order valence-electron chi connectivity index (χ2n) is 6.94. The molecular weight excluding hydrogens is 340 g/mol. The summed E-state index contributed by atoms with van der Waals surface area (Å²) in [4.78, 5) is 29.1. The van der Waals surface area contributed by atoms with Gasteiger partial charge in [-0.2, -0.15) is 5.26 Å². The van der Waals surface area contributed by atoms with E-state index in [2.05, 4.69) is 10.3 Å². The fourth-order valence-electron chi connectivity index (χ4n) is 3.98. The number of carbonyl (C=O) groups is 1. The summed E-state index contributed by atoms with van der Waals surface area (Å²) >= 11 is 0. The first-order chi connectivity index (χ1) is 11.5. The summed E-state index contributed by atoms with van der Waals surface area (Å²) in [7, 11) is 0. The predicted molar refractivity (Wildman–Crippen MR) is 98.0 cm³/mol.